The third-order valence-electron chi connectivity index (χ3n) is 3.40. The molecule has 14 heteroatoms. The van der Waals surface area contributed by atoms with Gasteiger partial charge in [-0.25, -0.2) is 16.6 Å². The SMILES string of the molecule is COC(=O)c1cc(Oc2c(F)ccc(NC(=O)C(F)(F)F)c2F)ccc1N([O-])I=O. The minimum Gasteiger partial charge on any atom is -0.748 e. The Balaban J connectivity index is 2.45. The molecular weight excluding hydrogens is 538 g/mol. The molecule has 0 atom stereocenters. The largest absolute Gasteiger partial charge is 0.748 e. The first-order valence-electron chi connectivity index (χ1n) is 7.50. The number of alkyl halides is 3. The van der Waals surface area contributed by atoms with E-state index in [1.807, 2.05) is 0 Å². The Kier molecular flexibility index (Phi) is 7.25. The molecule has 0 aliphatic rings. The molecule has 2 rings (SSSR count). The minimum atomic E-state index is -5.32. The normalized spacial score (nSPS) is 11.0. The fourth-order valence-electron chi connectivity index (χ4n) is 2.08. The average molecular weight is 547 g/mol. The fourth-order valence-corrected chi connectivity index (χ4v) is 2.71. The van der Waals surface area contributed by atoms with Gasteiger partial charge in [-0.15, -0.1) is 0 Å². The highest BCUT2D eigenvalue weighted by atomic mass is 127. The van der Waals surface area contributed by atoms with Crippen molar-refractivity contribution in [1.29, 1.82) is 0 Å². The Morgan fingerprint density at radius 3 is 2.40 bits per heavy atom. The molecule has 2 aromatic carbocycles. The Hall–Kier alpha value is -2.88. The van der Waals surface area contributed by atoms with E-state index in [4.69, 9.17) is 4.74 Å². The van der Waals surface area contributed by atoms with Crippen molar-refractivity contribution < 1.29 is 44.1 Å². The van der Waals surface area contributed by atoms with Crippen LogP contribution in [0.4, 0.5) is 33.3 Å². The van der Waals surface area contributed by atoms with Crippen LogP contribution in [-0.2, 0) is 12.6 Å². The van der Waals surface area contributed by atoms with Crippen molar-refractivity contribution in [1.82, 2.24) is 0 Å². The van der Waals surface area contributed by atoms with Crippen LogP contribution in [0.2, 0.25) is 0 Å². The van der Waals surface area contributed by atoms with Crippen LogP contribution in [-0.4, -0.2) is 25.2 Å². The molecule has 0 unspecified atom stereocenters. The van der Waals surface area contributed by atoms with Crippen LogP contribution in [0.25, 0.3) is 0 Å². The fraction of sp³-hybridized carbons (Fsp3) is 0.125. The number of rotatable bonds is 6. The summed E-state index contributed by atoms with van der Waals surface area (Å²) in [6, 6.07) is 3.91. The third-order valence-corrected chi connectivity index (χ3v) is 4.28. The summed E-state index contributed by atoms with van der Waals surface area (Å²) in [7, 11) is 0.979. The summed E-state index contributed by atoms with van der Waals surface area (Å²) in [6.07, 6.45) is -5.32. The Bertz CT molecular complexity index is 1000. The van der Waals surface area contributed by atoms with Gasteiger partial charge in [0.05, 0.1) is 24.0 Å². The summed E-state index contributed by atoms with van der Waals surface area (Å²) in [6.45, 7) is 0. The molecule has 30 heavy (non-hydrogen) atoms. The van der Waals surface area contributed by atoms with Gasteiger partial charge in [-0.1, -0.05) is 0 Å². The first kappa shape index (κ1) is 23.4. The zero-order valence-electron chi connectivity index (χ0n) is 14.6. The Morgan fingerprint density at radius 1 is 1.17 bits per heavy atom. The molecule has 0 radical (unpaired) electrons. The van der Waals surface area contributed by atoms with Gasteiger partial charge in [-0.2, -0.15) is 13.2 Å². The van der Waals surface area contributed by atoms with Gasteiger partial charge in [-0.05, 0) is 30.3 Å². The van der Waals surface area contributed by atoms with Crippen LogP contribution in [0.15, 0.2) is 30.3 Å². The summed E-state index contributed by atoms with van der Waals surface area (Å²) in [4.78, 5) is 22.8. The van der Waals surface area contributed by atoms with Crippen molar-refractivity contribution in [3.63, 3.8) is 0 Å². The molecule has 1 N–H and O–H groups in total. The van der Waals surface area contributed by atoms with Crippen molar-refractivity contribution in [2.24, 2.45) is 0 Å². The van der Waals surface area contributed by atoms with Crippen molar-refractivity contribution >= 4 is 44.7 Å². The number of anilines is 2. The average Bonchev–Trinajstić information content (AvgIpc) is 2.71. The summed E-state index contributed by atoms with van der Waals surface area (Å²) in [5, 5.41) is 12.8. The van der Waals surface area contributed by atoms with E-state index < -0.39 is 73.9 Å². The molecule has 0 heterocycles. The molecule has 0 aliphatic heterocycles. The molecule has 0 aromatic heterocycles. The van der Waals surface area contributed by atoms with Gasteiger partial charge in [0.1, 0.15) is 5.75 Å². The maximum atomic E-state index is 14.4. The lowest BCUT2D eigenvalue weighted by Crippen LogP contribution is -2.30. The Morgan fingerprint density at radius 2 is 1.83 bits per heavy atom. The number of nitrogens with one attached hydrogen (secondary N) is 1. The lowest BCUT2D eigenvalue weighted by molar-refractivity contribution is -0.167. The smallest absolute Gasteiger partial charge is 0.471 e. The number of amides is 1. The van der Waals surface area contributed by atoms with Gasteiger partial charge in [0.15, 0.2) is 11.6 Å². The molecular formula is C16H9F5IN2O6-. The van der Waals surface area contributed by atoms with Crippen molar-refractivity contribution in [2.75, 3.05) is 15.7 Å². The standard InChI is InChI=1S/C16H9F5IN2O6/c1-29-14(25)8-6-7(2-5-11(8)24(28)22-27)30-13-9(17)3-4-10(12(13)18)23-15(26)16(19,20)21/h2-6H,1H3,(H,23,26)/q-1. The summed E-state index contributed by atoms with van der Waals surface area (Å²) in [5.41, 5.74) is -1.81. The number of benzene rings is 2. The monoisotopic (exact) mass is 547 g/mol. The van der Waals surface area contributed by atoms with E-state index in [0.29, 0.717) is 12.1 Å². The second kappa shape index (κ2) is 9.29. The number of ether oxygens (including phenoxy) is 2. The minimum absolute atomic E-state index is 0.0172. The number of hydrogen-bond acceptors (Lipinski definition) is 6. The first-order chi connectivity index (χ1) is 14.0. The Labute approximate surface area is 175 Å². The number of esters is 1. The molecule has 0 saturated carbocycles. The number of carbonyl (C=O) groups is 2. The number of nitrogens with zero attached hydrogens (tertiary/aromatic N) is 1. The lowest BCUT2D eigenvalue weighted by Gasteiger charge is -2.23. The highest BCUT2D eigenvalue weighted by Gasteiger charge is 2.39. The highest BCUT2D eigenvalue weighted by molar-refractivity contribution is 14.1. The van der Waals surface area contributed by atoms with Gasteiger partial charge in [-0.3, -0.25) is 4.79 Å². The highest BCUT2D eigenvalue weighted by Crippen LogP contribution is 2.35. The van der Waals surface area contributed by atoms with Crippen LogP contribution >= 0.6 is 21.5 Å². The quantitative estimate of drug-likeness (QED) is 0.186. The molecule has 1 amide bonds. The van der Waals surface area contributed by atoms with Crippen molar-refractivity contribution in [3.05, 3.63) is 52.7 Å². The molecule has 162 valence electrons. The lowest BCUT2D eigenvalue weighted by atomic mass is 10.1. The zero-order chi connectivity index (χ0) is 22.6. The molecule has 0 aliphatic carbocycles. The van der Waals surface area contributed by atoms with Crippen LogP contribution < -0.4 is 13.3 Å². The maximum Gasteiger partial charge on any atom is 0.471 e. The van der Waals surface area contributed by atoms with Crippen LogP contribution in [0.5, 0.6) is 11.5 Å². The molecule has 0 saturated heterocycles. The van der Waals surface area contributed by atoms with E-state index >= 15 is 0 Å². The zero-order valence-corrected chi connectivity index (χ0v) is 16.7. The second-order valence-electron chi connectivity index (χ2n) is 5.28. The number of carbonyl (C=O) groups excluding carboxylic acids is 2. The first-order valence-corrected chi connectivity index (χ1v) is 9.35. The van der Waals surface area contributed by atoms with Crippen molar-refractivity contribution in [2.45, 2.75) is 6.18 Å². The molecule has 0 spiro atoms. The van der Waals surface area contributed by atoms with E-state index in [0.717, 1.165) is 25.3 Å². The van der Waals surface area contributed by atoms with E-state index in [1.165, 1.54) is 5.32 Å². The van der Waals surface area contributed by atoms with E-state index in [1.54, 1.807) is 0 Å². The third kappa shape index (κ3) is 5.18. The summed E-state index contributed by atoms with van der Waals surface area (Å²) in [5.74, 6) is -8.14. The number of halogens is 6. The topological polar surface area (TPSA) is 108 Å². The van der Waals surface area contributed by atoms with Crippen LogP contribution in [0.1, 0.15) is 10.4 Å². The van der Waals surface area contributed by atoms with E-state index in [9.17, 15) is 39.8 Å². The molecule has 2 aromatic rings. The molecule has 0 fully saturated rings. The maximum absolute atomic E-state index is 14.4. The predicted molar refractivity (Wildman–Crippen MR) is 99.5 cm³/mol. The van der Waals surface area contributed by atoms with Crippen LogP contribution in [0, 0.1) is 16.8 Å². The van der Waals surface area contributed by atoms with Crippen molar-refractivity contribution in [3.8, 4) is 11.5 Å². The molecule has 8 nitrogen and oxygen atoms in total. The van der Waals surface area contributed by atoms with Gasteiger partial charge < -0.3 is 23.3 Å². The summed E-state index contributed by atoms with van der Waals surface area (Å²) >= 11 is -2.25. The summed E-state index contributed by atoms with van der Waals surface area (Å²) < 4.78 is 85.8. The van der Waals surface area contributed by atoms with Gasteiger partial charge in [0.2, 0.25) is 5.75 Å². The van der Waals surface area contributed by atoms with Gasteiger partial charge in [0, 0.05) is 0 Å². The number of methoxy groups -OCH3 is 1. The van der Waals surface area contributed by atoms with Gasteiger partial charge >= 0.3 is 18.1 Å². The molecule has 0 bridgehead atoms. The second-order valence-corrected chi connectivity index (χ2v) is 6.55. The van der Waals surface area contributed by atoms with Gasteiger partial charge in [0.25, 0.3) is 21.5 Å². The van der Waals surface area contributed by atoms with E-state index in [2.05, 4.69) is 4.74 Å². The number of hydrogen-bond donors (Lipinski definition) is 1. The van der Waals surface area contributed by atoms with Crippen LogP contribution in [0.3, 0.4) is 0 Å². The van der Waals surface area contributed by atoms with E-state index in [-0.39, 0.29) is 8.96 Å². The predicted octanol–water partition coefficient (Wildman–Crippen LogP) is 4.58.